The Morgan fingerprint density at radius 3 is 2.58 bits per heavy atom. The van der Waals surface area contributed by atoms with E-state index in [4.69, 9.17) is 4.74 Å². The molecule has 102 valence electrons. The third kappa shape index (κ3) is 2.44. The van der Waals surface area contributed by atoms with E-state index in [0.717, 1.165) is 5.56 Å². The Kier molecular flexibility index (Phi) is 3.53. The highest BCUT2D eigenvalue weighted by Gasteiger charge is 2.48. The van der Waals surface area contributed by atoms with Gasteiger partial charge in [-0.2, -0.15) is 0 Å². The molecule has 0 radical (unpaired) electrons. The van der Waals surface area contributed by atoms with E-state index in [1.165, 1.54) is 12.1 Å². The van der Waals surface area contributed by atoms with Crippen LogP contribution >= 0.6 is 0 Å². The van der Waals surface area contributed by atoms with Crippen LogP contribution in [0.4, 0.5) is 5.69 Å². The number of carboxylic acids is 1. The molecule has 6 heteroatoms. The zero-order valence-electron chi connectivity index (χ0n) is 10.5. The molecule has 1 aromatic rings. The van der Waals surface area contributed by atoms with Crippen molar-refractivity contribution in [3.8, 4) is 0 Å². The summed E-state index contributed by atoms with van der Waals surface area (Å²) in [6.45, 7) is 2.19. The van der Waals surface area contributed by atoms with Crippen LogP contribution in [0.15, 0.2) is 24.3 Å². The number of hydrogen-bond acceptors (Lipinski definition) is 4. The summed E-state index contributed by atoms with van der Waals surface area (Å²) < 4.78 is 5.38. The fraction of sp³-hybridized carbons (Fsp3) is 0.462. The topological polar surface area (TPSA) is 89.7 Å². The second-order valence-electron chi connectivity index (χ2n) is 4.82. The lowest BCUT2D eigenvalue weighted by molar-refractivity contribution is -0.384. The van der Waals surface area contributed by atoms with Crippen molar-refractivity contribution in [2.75, 3.05) is 6.61 Å². The highest BCUT2D eigenvalue weighted by Crippen LogP contribution is 2.38. The van der Waals surface area contributed by atoms with Gasteiger partial charge >= 0.3 is 5.97 Å². The molecular weight excluding hydrogens is 250 g/mol. The molecule has 0 amide bonds. The summed E-state index contributed by atoms with van der Waals surface area (Å²) in [5.74, 6) is -0.879. The van der Waals surface area contributed by atoms with E-state index < -0.39 is 16.3 Å². The third-order valence-electron chi connectivity index (χ3n) is 3.79. The van der Waals surface area contributed by atoms with Crippen LogP contribution in [-0.4, -0.2) is 28.7 Å². The molecule has 1 saturated heterocycles. The second kappa shape index (κ2) is 4.97. The summed E-state index contributed by atoms with van der Waals surface area (Å²) in [6.07, 6.45) is 0.419. The van der Waals surface area contributed by atoms with Crippen LogP contribution in [0.25, 0.3) is 0 Å². The lowest BCUT2D eigenvalue weighted by Gasteiger charge is -2.27. The Morgan fingerprint density at radius 2 is 2.16 bits per heavy atom. The predicted octanol–water partition coefficient (Wildman–Crippen LogP) is 2.02. The van der Waals surface area contributed by atoms with Crippen molar-refractivity contribution in [3.05, 3.63) is 39.9 Å². The monoisotopic (exact) mass is 265 g/mol. The quantitative estimate of drug-likeness (QED) is 0.664. The molecule has 0 bridgehead atoms. The SMILES string of the molecule is CC1OCCC1(Cc1ccc([N+](=O)[O-])cc1)C(=O)O. The molecular formula is C13H15NO5. The number of nitro groups is 1. The van der Waals surface area contributed by atoms with Crippen LogP contribution in [0.5, 0.6) is 0 Å². The van der Waals surface area contributed by atoms with Gasteiger partial charge in [0.2, 0.25) is 0 Å². The summed E-state index contributed by atoms with van der Waals surface area (Å²) in [5.41, 5.74) is -0.162. The van der Waals surface area contributed by atoms with E-state index in [-0.39, 0.29) is 11.8 Å². The zero-order chi connectivity index (χ0) is 14.0. The molecule has 1 aromatic carbocycles. The number of nitrogens with zero attached hydrogens (tertiary/aromatic N) is 1. The molecule has 1 heterocycles. The van der Waals surface area contributed by atoms with Gasteiger partial charge in [-0.15, -0.1) is 0 Å². The van der Waals surface area contributed by atoms with Crippen LogP contribution in [0.3, 0.4) is 0 Å². The number of benzene rings is 1. The fourth-order valence-corrected chi connectivity index (χ4v) is 2.47. The van der Waals surface area contributed by atoms with Gasteiger partial charge in [0.1, 0.15) is 0 Å². The summed E-state index contributed by atoms with van der Waals surface area (Å²) >= 11 is 0. The number of hydrogen-bond donors (Lipinski definition) is 1. The van der Waals surface area contributed by atoms with Gasteiger partial charge in [0, 0.05) is 18.7 Å². The fourth-order valence-electron chi connectivity index (χ4n) is 2.47. The smallest absolute Gasteiger partial charge is 0.312 e. The predicted molar refractivity (Wildman–Crippen MR) is 66.9 cm³/mol. The van der Waals surface area contributed by atoms with E-state index in [1.54, 1.807) is 19.1 Å². The first-order valence-corrected chi connectivity index (χ1v) is 6.04. The standard InChI is InChI=1S/C13H15NO5/c1-9-13(12(15)16,6-7-19-9)8-10-2-4-11(5-3-10)14(17)18/h2-5,9H,6-8H2,1H3,(H,15,16). The number of nitro benzene ring substituents is 1. The van der Waals surface area contributed by atoms with Crippen molar-refractivity contribution in [3.63, 3.8) is 0 Å². The Morgan fingerprint density at radius 1 is 1.53 bits per heavy atom. The summed E-state index contributed by atoms with van der Waals surface area (Å²) in [6, 6.07) is 6.00. The molecule has 2 rings (SSSR count). The van der Waals surface area contributed by atoms with Gasteiger partial charge < -0.3 is 9.84 Å². The molecule has 0 saturated carbocycles. The maximum Gasteiger partial charge on any atom is 0.312 e. The number of non-ortho nitro benzene ring substituents is 1. The van der Waals surface area contributed by atoms with Gasteiger partial charge in [0.05, 0.1) is 16.4 Å². The molecule has 2 atom stereocenters. The minimum atomic E-state index is -0.934. The van der Waals surface area contributed by atoms with Crippen LogP contribution < -0.4 is 0 Å². The molecule has 1 fully saturated rings. The number of aliphatic carboxylic acids is 1. The molecule has 6 nitrogen and oxygen atoms in total. The minimum Gasteiger partial charge on any atom is -0.481 e. The molecule has 1 aliphatic rings. The molecule has 1 aliphatic heterocycles. The van der Waals surface area contributed by atoms with Crippen molar-refractivity contribution in [1.29, 1.82) is 0 Å². The van der Waals surface area contributed by atoms with Crippen molar-refractivity contribution >= 4 is 11.7 Å². The van der Waals surface area contributed by atoms with Gasteiger partial charge in [0.25, 0.3) is 5.69 Å². The lowest BCUT2D eigenvalue weighted by Crippen LogP contribution is -2.39. The van der Waals surface area contributed by atoms with E-state index in [1.807, 2.05) is 0 Å². The van der Waals surface area contributed by atoms with Gasteiger partial charge in [-0.05, 0) is 25.3 Å². The second-order valence-corrected chi connectivity index (χ2v) is 4.82. The lowest BCUT2D eigenvalue weighted by atomic mass is 9.76. The molecule has 0 spiro atoms. The highest BCUT2D eigenvalue weighted by molar-refractivity contribution is 5.76. The van der Waals surface area contributed by atoms with Gasteiger partial charge in [-0.25, -0.2) is 0 Å². The van der Waals surface area contributed by atoms with Crippen LogP contribution in [0.1, 0.15) is 18.9 Å². The largest absolute Gasteiger partial charge is 0.481 e. The maximum absolute atomic E-state index is 11.5. The van der Waals surface area contributed by atoms with Crippen molar-refractivity contribution in [1.82, 2.24) is 0 Å². The Hall–Kier alpha value is -1.95. The summed E-state index contributed by atoms with van der Waals surface area (Å²) in [4.78, 5) is 21.6. The summed E-state index contributed by atoms with van der Waals surface area (Å²) in [5, 5.41) is 20.0. The van der Waals surface area contributed by atoms with Gasteiger partial charge in [-0.1, -0.05) is 12.1 Å². The summed E-state index contributed by atoms with van der Waals surface area (Å²) in [7, 11) is 0. The van der Waals surface area contributed by atoms with Crippen LogP contribution in [0, 0.1) is 15.5 Å². The van der Waals surface area contributed by atoms with Crippen LogP contribution in [0.2, 0.25) is 0 Å². The Balaban J connectivity index is 2.23. The average molecular weight is 265 g/mol. The van der Waals surface area contributed by atoms with Gasteiger partial charge in [-0.3, -0.25) is 14.9 Å². The van der Waals surface area contributed by atoms with Crippen molar-refractivity contribution in [2.45, 2.75) is 25.9 Å². The highest BCUT2D eigenvalue weighted by atomic mass is 16.6. The normalized spacial score (nSPS) is 26.3. The van der Waals surface area contributed by atoms with Crippen molar-refractivity contribution in [2.24, 2.45) is 5.41 Å². The zero-order valence-corrected chi connectivity index (χ0v) is 10.5. The Labute approximate surface area is 110 Å². The molecule has 0 aliphatic carbocycles. The first kappa shape index (κ1) is 13.5. The van der Waals surface area contributed by atoms with Crippen LogP contribution in [-0.2, 0) is 16.0 Å². The number of rotatable bonds is 4. The molecule has 2 unspecified atom stereocenters. The van der Waals surface area contributed by atoms with Crippen molar-refractivity contribution < 1.29 is 19.6 Å². The Bertz CT molecular complexity index is 498. The number of carboxylic acid groups (broad SMARTS) is 1. The molecule has 19 heavy (non-hydrogen) atoms. The van der Waals surface area contributed by atoms with E-state index in [2.05, 4.69) is 0 Å². The minimum absolute atomic E-state index is 0.00356. The van der Waals surface area contributed by atoms with E-state index >= 15 is 0 Å². The maximum atomic E-state index is 11.5. The number of carbonyl (C=O) groups is 1. The van der Waals surface area contributed by atoms with E-state index in [0.29, 0.717) is 19.4 Å². The molecule has 1 N–H and O–H groups in total. The van der Waals surface area contributed by atoms with E-state index in [9.17, 15) is 20.0 Å². The molecule has 0 aromatic heterocycles. The first-order valence-electron chi connectivity index (χ1n) is 6.04. The average Bonchev–Trinajstić information content (AvgIpc) is 2.73. The number of ether oxygens (including phenoxy) is 1. The van der Waals surface area contributed by atoms with Gasteiger partial charge in [0.15, 0.2) is 0 Å². The third-order valence-corrected chi connectivity index (χ3v) is 3.79. The first-order chi connectivity index (χ1) is 8.95.